The van der Waals surface area contributed by atoms with Gasteiger partial charge in [0.05, 0.1) is 18.8 Å². The monoisotopic (exact) mass is 235 g/mol. The average Bonchev–Trinajstić information content (AvgIpc) is 2.16. The van der Waals surface area contributed by atoms with Gasteiger partial charge in [-0.15, -0.1) is 6.58 Å². The maximum atomic E-state index is 11.3. The largest absolute Gasteiger partial charge is 0.466 e. The molecule has 0 atom stereocenters. The van der Waals surface area contributed by atoms with Crippen LogP contribution in [0, 0.1) is 0 Å². The Morgan fingerprint density at radius 1 is 1.53 bits per heavy atom. The summed E-state index contributed by atoms with van der Waals surface area (Å²) in [6.07, 6.45) is 2.07. The number of nitrogens with one attached hydrogen (secondary N) is 1. The molecule has 0 unspecified atom stereocenters. The summed E-state index contributed by atoms with van der Waals surface area (Å²) in [4.78, 5) is 10.9. The van der Waals surface area contributed by atoms with Gasteiger partial charge in [-0.25, -0.2) is 13.1 Å². The third-order valence-corrected chi connectivity index (χ3v) is 2.94. The van der Waals surface area contributed by atoms with Crippen molar-refractivity contribution in [3.05, 3.63) is 12.7 Å². The first-order valence-corrected chi connectivity index (χ1v) is 6.41. The Morgan fingerprint density at radius 3 is 2.73 bits per heavy atom. The predicted octanol–water partition coefficient (Wildman–Crippen LogP) is 0.435. The van der Waals surface area contributed by atoms with Gasteiger partial charge in [0.25, 0.3) is 0 Å². The van der Waals surface area contributed by atoms with E-state index in [2.05, 4.69) is 16.0 Å². The zero-order chi connectivity index (χ0) is 11.7. The van der Waals surface area contributed by atoms with E-state index in [0.29, 0.717) is 13.0 Å². The molecule has 0 saturated carbocycles. The predicted molar refractivity (Wildman–Crippen MR) is 57.9 cm³/mol. The summed E-state index contributed by atoms with van der Waals surface area (Å²) in [6.45, 7) is 5.73. The lowest BCUT2D eigenvalue weighted by Gasteiger charge is -2.04. The standard InChI is InChI=1S/C9H17NO4S/c1-3-5-7-10-15(12,13)8-6-9(11)14-4-2/h3,10H,1,4-8H2,2H3. The summed E-state index contributed by atoms with van der Waals surface area (Å²) in [5, 5.41) is 0. The first-order chi connectivity index (χ1) is 7.02. The third kappa shape index (κ3) is 8.14. The Balaban J connectivity index is 3.83. The molecule has 0 aliphatic rings. The number of ether oxygens (including phenoxy) is 1. The second-order valence-electron chi connectivity index (χ2n) is 2.85. The molecule has 5 nitrogen and oxygen atoms in total. The van der Waals surface area contributed by atoms with Gasteiger partial charge in [-0.3, -0.25) is 4.79 Å². The number of esters is 1. The summed E-state index contributed by atoms with van der Waals surface area (Å²) in [6, 6.07) is 0. The number of carbonyl (C=O) groups excluding carboxylic acids is 1. The normalized spacial score (nSPS) is 11.0. The van der Waals surface area contributed by atoms with Crippen molar-refractivity contribution >= 4 is 16.0 Å². The molecule has 0 aliphatic carbocycles. The van der Waals surface area contributed by atoms with E-state index < -0.39 is 16.0 Å². The Morgan fingerprint density at radius 2 is 2.20 bits per heavy atom. The van der Waals surface area contributed by atoms with Crippen LogP contribution in [0.3, 0.4) is 0 Å². The Kier molecular flexibility index (Phi) is 6.98. The molecule has 0 heterocycles. The molecular weight excluding hydrogens is 218 g/mol. The first kappa shape index (κ1) is 14.1. The molecule has 0 radical (unpaired) electrons. The molecule has 15 heavy (non-hydrogen) atoms. The van der Waals surface area contributed by atoms with E-state index in [0.717, 1.165) is 0 Å². The average molecular weight is 235 g/mol. The molecule has 0 aliphatic heterocycles. The number of sulfonamides is 1. The van der Waals surface area contributed by atoms with Crippen molar-refractivity contribution in [3.8, 4) is 0 Å². The maximum absolute atomic E-state index is 11.3. The smallest absolute Gasteiger partial charge is 0.306 e. The van der Waals surface area contributed by atoms with Gasteiger partial charge in [-0.05, 0) is 13.3 Å². The molecule has 0 rings (SSSR count). The lowest BCUT2D eigenvalue weighted by molar-refractivity contribution is -0.142. The third-order valence-electron chi connectivity index (χ3n) is 1.55. The molecule has 0 aromatic rings. The molecule has 0 fully saturated rings. The van der Waals surface area contributed by atoms with Crippen molar-refractivity contribution in [1.29, 1.82) is 0 Å². The van der Waals surface area contributed by atoms with E-state index in [1.165, 1.54) is 0 Å². The molecule has 88 valence electrons. The molecule has 0 bridgehead atoms. The van der Waals surface area contributed by atoms with Gasteiger partial charge in [-0.1, -0.05) is 6.08 Å². The molecule has 0 amide bonds. The van der Waals surface area contributed by atoms with Gasteiger partial charge in [0.15, 0.2) is 0 Å². The van der Waals surface area contributed by atoms with Crippen molar-refractivity contribution < 1.29 is 17.9 Å². The fraction of sp³-hybridized carbons (Fsp3) is 0.667. The Hall–Kier alpha value is -0.880. The number of hydrogen-bond donors (Lipinski definition) is 1. The van der Waals surface area contributed by atoms with Crippen LogP contribution in [0.15, 0.2) is 12.7 Å². The molecule has 6 heteroatoms. The zero-order valence-electron chi connectivity index (χ0n) is 8.86. The highest BCUT2D eigenvalue weighted by Gasteiger charge is 2.12. The van der Waals surface area contributed by atoms with Gasteiger partial charge in [0.2, 0.25) is 10.0 Å². The summed E-state index contributed by atoms with van der Waals surface area (Å²) < 4.78 is 29.5. The van der Waals surface area contributed by atoms with E-state index in [1.54, 1.807) is 13.0 Å². The van der Waals surface area contributed by atoms with Gasteiger partial charge < -0.3 is 4.74 Å². The van der Waals surface area contributed by atoms with Crippen LogP contribution in [0.2, 0.25) is 0 Å². The second-order valence-corrected chi connectivity index (χ2v) is 4.77. The van der Waals surface area contributed by atoms with Crippen molar-refractivity contribution in [3.63, 3.8) is 0 Å². The SMILES string of the molecule is C=CCCNS(=O)(=O)CCC(=O)OCC. The second kappa shape index (κ2) is 7.42. The van der Waals surface area contributed by atoms with Crippen LogP contribution in [0.5, 0.6) is 0 Å². The van der Waals surface area contributed by atoms with E-state index in [-0.39, 0.29) is 18.8 Å². The first-order valence-electron chi connectivity index (χ1n) is 4.75. The topological polar surface area (TPSA) is 72.5 Å². The summed E-state index contributed by atoms with van der Waals surface area (Å²) in [5.74, 6) is -0.727. The summed E-state index contributed by atoms with van der Waals surface area (Å²) >= 11 is 0. The molecular formula is C9H17NO4S. The fourth-order valence-corrected chi connectivity index (χ4v) is 1.85. The van der Waals surface area contributed by atoms with E-state index in [9.17, 15) is 13.2 Å². The highest BCUT2D eigenvalue weighted by molar-refractivity contribution is 7.89. The van der Waals surface area contributed by atoms with Crippen molar-refractivity contribution in [2.75, 3.05) is 18.9 Å². The Labute approximate surface area is 90.6 Å². The highest BCUT2D eigenvalue weighted by Crippen LogP contribution is 1.93. The zero-order valence-corrected chi connectivity index (χ0v) is 9.68. The minimum Gasteiger partial charge on any atom is -0.466 e. The number of carbonyl (C=O) groups is 1. The summed E-state index contributed by atoms with van der Waals surface area (Å²) in [7, 11) is -3.37. The lowest BCUT2D eigenvalue weighted by Crippen LogP contribution is -2.28. The van der Waals surface area contributed by atoms with E-state index in [4.69, 9.17) is 0 Å². The van der Waals surface area contributed by atoms with Gasteiger partial charge in [0.1, 0.15) is 0 Å². The fourth-order valence-electron chi connectivity index (χ4n) is 0.840. The molecule has 0 saturated heterocycles. The van der Waals surface area contributed by atoms with Crippen LogP contribution in [-0.4, -0.2) is 33.3 Å². The molecule has 0 aromatic heterocycles. The van der Waals surface area contributed by atoms with E-state index >= 15 is 0 Å². The molecule has 0 aromatic carbocycles. The van der Waals surface area contributed by atoms with Crippen LogP contribution in [0.25, 0.3) is 0 Å². The van der Waals surface area contributed by atoms with Crippen molar-refractivity contribution in [1.82, 2.24) is 4.72 Å². The van der Waals surface area contributed by atoms with E-state index in [1.807, 2.05) is 0 Å². The minimum absolute atomic E-state index is 0.114. The van der Waals surface area contributed by atoms with Crippen molar-refractivity contribution in [2.24, 2.45) is 0 Å². The molecule has 0 spiro atoms. The quantitative estimate of drug-likeness (QED) is 0.376. The number of hydrogen-bond acceptors (Lipinski definition) is 4. The summed E-state index contributed by atoms with van der Waals surface area (Å²) in [5.41, 5.74) is 0. The maximum Gasteiger partial charge on any atom is 0.306 e. The van der Waals surface area contributed by atoms with Gasteiger partial charge in [0, 0.05) is 6.54 Å². The Bertz CT molecular complexity index is 297. The number of rotatable bonds is 8. The highest BCUT2D eigenvalue weighted by atomic mass is 32.2. The van der Waals surface area contributed by atoms with Crippen LogP contribution in [-0.2, 0) is 19.6 Å². The van der Waals surface area contributed by atoms with Gasteiger partial charge >= 0.3 is 5.97 Å². The van der Waals surface area contributed by atoms with Gasteiger partial charge in [-0.2, -0.15) is 0 Å². The van der Waals surface area contributed by atoms with Crippen LogP contribution >= 0.6 is 0 Å². The van der Waals surface area contributed by atoms with Crippen LogP contribution < -0.4 is 4.72 Å². The van der Waals surface area contributed by atoms with Crippen LogP contribution in [0.1, 0.15) is 19.8 Å². The van der Waals surface area contributed by atoms with Crippen molar-refractivity contribution in [2.45, 2.75) is 19.8 Å². The molecule has 1 N–H and O–H groups in total. The minimum atomic E-state index is -3.37. The van der Waals surface area contributed by atoms with Crippen LogP contribution in [0.4, 0.5) is 0 Å². The lowest BCUT2D eigenvalue weighted by atomic mass is 10.4.